The SMILES string of the molecule is CCOC(=O)C(=CC(Cc1ccc(OC)c(OCCCOC)c1)C(C)C)C(=O)CC(C(=O)N1C(=O)OCC1Cc1ccccc1)C(C)C. The number of benzene rings is 2. The standard InChI is InChI=1S/C38H51NO9/c1-8-46-37(42)32(22-29(25(2)3)19-28-15-16-34(45-7)35(21-28)47-18-12-17-44-6)33(40)23-31(26(4)5)36(41)39-30(24-48-38(39)43)20-27-13-10-9-11-14-27/h9-11,13-16,21-22,25-26,29-31H,8,12,17-20,23-24H2,1-7H3. The third-order valence-corrected chi connectivity index (χ3v) is 8.52. The van der Waals surface area contributed by atoms with E-state index in [1.165, 1.54) is 0 Å². The highest BCUT2D eigenvalue weighted by Gasteiger charge is 2.42. The van der Waals surface area contributed by atoms with Crippen molar-refractivity contribution in [3.8, 4) is 11.5 Å². The molecular weight excluding hydrogens is 614 g/mol. The van der Waals surface area contributed by atoms with E-state index in [1.807, 2.05) is 76.2 Å². The molecule has 0 N–H and O–H groups in total. The number of ether oxygens (including phenoxy) is 5. The molecule has 2 aromatic rings. The van der Waals surface area contributed by atoms with Crippen molar-refractivity contribution in [2.24, 2.45) is 23.7 Å². The van der Waals surface area contributed by atoms with E-state index < -0.39 is 35.7 Å². The second-order valence-electron chi connectivity index (χ2n) is 12.7. The van der Waals surface area contributed by atoms with Crippen LogP contribution in [-0.4, -0.2) is 75.3 Å². The molecular formula is C38H51NO9. The van der Waals surface area contributed by atoms with Crippen LogP contribution < -0.4 is 9.47 Å². The first kappa shape index (κ1) is 38.3. The van der Waals surface area contributed by atoms with Gasteiger partial charge in [0.2, 0.25) is 5.91 Å². The predicted molar refractivity (Wildman–Crippen MR) is 182 cm³/mol. The van der Waals surface area contributed by atoms with E-state index in [9.17, 15) is 19.2 Å². The lowest BCUT2D eigenvalue weighted by atomic mass is 9.84. The first-order chi connectivity index (χ1) is 23.0. The zero-order valence-corrected chi connectivity index (χ0v) is 29.4. The normalized spacial score (nSPS) is 16.1. The third kappa shape index (κ3) is 10.7. The molecule has 0 aromatic heterocycles. The molecule has 10 heteroatoms. The lowest BCUT2D eigenvalue weighted by Crippen LogP contribution is -2.45. The summed E-state index contributed by atoms with van der Waals surface area (Å²) in [6, 6.07) is 14.7. The minimum atomic E-state index is -0.851. The maximum absolute atomic E-state index is 14.0. The van der Waals surface area contributed by atoms with Gasteiger partial charge in [0.15, 0.2) is 17.3 Å². The Hall–Kier alpha value is -4.18. The van der Waals surface area contributed by atoms with Crippen LogP contribution >= 0.6 is 0 Å². The summed E-state index contributed by atoms with van der Waals surface area (Å²) in [6.07, 6.45) is 2.38. The summed E-state index contributed by atoms with van der Waals surface area (Å²) >= 11 is 0. The number of allylic oxidation sites excluding steroid dienone is 1. The number of cyclic esters (lactones) is 1. The number of methoxy groups -OCH3 is 2. The smallest absolute Gasteiger partial charge is 0.416 e. The molecule has 0 radical (unpaired) electrons. The Bertz CT molecular complexity index is 1400. The van der Waals surface area contributed by atoms with E-state index in [0.29, 0.717) is 37.6 Å². The fourth-order valence-electron chi connectivity index (χ4n) is 5.67. The zero-order valence-electron chi connectivity index (χ0n) is 29.4. The molecule has 0 saturated carbocycles. The van der Waals surface area contributed by atoms with Gasteiger partial charge in [0.1, 0.15) is 6.61 Å². The van der Waals surface area contributed by atoms with Crippen molar-refractivity contribution in [1.82, 2.24) is 4.90 Å². The van der Waals surface area contributed by atoms with Crippen molar-refractivity contribution >= 4 is 23.8 Å². The van der Waals surface area contributed by atoms with Gasteiger partial charge in [-0.1, -0.05) is 70.2 Å². The van der Waals surface area contributed by atoms with Crippen LogP contribution in [0, 0.1) is 23.7 Å². The second kappa shape index (κ2) is 19.0. The average Bonchev–Trinajstić information content (AvgIpc) is 3.42. The van der Waals surface area contributed by atoms with Crippen LogP contribution in [0.2, 0.25) is 0 Å². The van der Waals surface area contributed by atoms with E-state index in [4.69, 9.17) is 23.7 Å². The summed E-state index contributed by atoms with van der Waals surface area (Å²) < 4.78 is 27.2. The minimum absolute atomic E-state index is 0.0519. The van der Waals surface area contributed by atoms with Gasteiger partial charge in [0.25, 0.3) is 0 Å². The van der Waals surface area contributed by atoms with Crippen molar-refractivity contribution in [2.75, 3.05) is 40.6 Å². The van der Waals surface area contributed by atoms with Gasteiger partial charge in [-0.25, -0.2) is 14.5 Å². The topological polar surface area (TPSA) is 118 Å². The first-order valence-corrected chi connectivity index (χ1v) is 16.7. The number of carbonyl (C=O) groups excluding carboxylic acids is 4. The Balaban J connectivity index is 1.87. The van der Waals surface area contributed by atoms with Crippen molar-refractivity contribution in [2.45, 2.75) is 66.3 Å². The number of ketones is 1. The van der Waals surface area contributed by atoms with E-state index in [0.717, 1.165) is 22.4 Å². The van der Waals surface area contributed by atoms with E-state index in [-0.39, 0.29) is 43.0 Å². The summed E-state index contributed by atoms with van der Waals surface area (Å²) in [6.45, 7) is 10.6. The molecule has 0 spiro atoms. The zero-order chi connectivity index (χ0) is 35.2. The van der Waals surface area contributed by atoms with Gasteiger partial charge >= 0.3 is 12.1 Å². The van der Waals surface area contributed by atoms with Crippen molar-refractivity contribution in [3.05, 3.63) is 71.3 Å². The van der Waals surface area contributed by atoms with Gasteiger partial charge in [-0.3, -0.25) is 9.59 Å². The molecule has 1 aliphatic heterocycles. The van der Waals surface area contributed by atoms with E-state index >= 15 is 0 Å². The molecule has 262 valence electrons. The van der Waals surface area contributed by atoms with Gasteiger partial charge in [-0.2, -0.15) is 0 Å². The van der Waals surface area contributed by atoms with Gasteiger partial charge in [-0.15, -0.1) is 0 Å². The van der Waals surface area contributed by atoms with Crippen molar-refractivity contribution < 1.29 is 42.9 Å². The molecule has 0 bridgehead atoms. The molecule has 0 aliphatic carbocycles. The third-order valence-electron chi connectivity index (χ3n) is 8.52. The molecule has 1 heterocycles. The number of nitrogens with zero attached hydrogens (tertiary/aromatic N) is 1. The molecule has 3 atom stereocenters. The van der Waals surface area contributed by atoms with Crippen LogP contribution in [0.1, 0.15) is 58.6 Å². The predicted octanol–water partition coefficient (Wildman–Crippen LogP) is 6.24. The Morgan fingerprint density at radius 2 is 1.69 bits per heavy atom. The van der Waals surface area contributed by atoms with Gasteiger partial charge < -0.3 is 23.7 Å². The summed E-state index contributed by atoms with van der Waals surface area (Å²) in [5.74, 6) is -1.83. The summed E-state index contributed by atoms with van der Waals surface area (Å²) in [7, 11) is 3.22. The van der Waals surface area contributed by atoms with Crippen molar-refractivity contribution in [1.29, 1.82) is 0 Å². The van der Waals surface area contributed by atoms with Crippen LogP contribution in [0.5, 0.6) is 11.5 Å². The lowest BCUT2D eigenvalue weighted by molar-refractivity contribution is -0.142. The highest BCUT2D eigenvalue weighted by molar-refractivity contribution is 6.18. The number of esters is 1. The summed E-state index contributed by atoms with van der Waals surface area (Å²) in [5.41, 5.74) is 1.81. The van der Waals surface area contributed by atoms with Crippen LogP contribution in [0.25, 0.3) is 0 Å². The molecule has 2 amide bonds. The molecule has 48 heavy (non-hydrogen) atoms. The fraction of sp³-hybridized carbons (Fsp3) is 0.526. The second-order valence-corrected chi connectivity index (χ2v) is 12.7. The van der Waals surface area contributed by atoms with E-state index in [1.54, 1.807) is 27.2 Å². The fourth-order valence-corrected chi connectivity index (χ4v) is 5.67. The lowest BCUT2D eigenvalue weighted by Gasteiger charge is -2.27. The number of hydrogen-bond acceptors (Lipinski definition) is 9. The van der Waals surface area contributed by atoms with Crippen LogP contribution in [0.3, 0.4) is 0 Å². The van der Waals surface area contributed by atoms with Crippen LogP contribution in [0.15, 0.2) is 60.2 Å². The van der Waals surface area contributed by atoms with Crippen molar-refractivity contribution in [3.63, 3.8) is 0 Å². The summed E-state index contributed by atoms with van der Waals surface area (Å²) in [4.78, 5) is 55.1. The maximum atomic E-state index is 14.0. The highest BCUT2D eigenvalue weighted by atomic mass is 16.6. The Labute approximate surface area is 284 Å². The average molecular weight is 666 g/mol. The van der Waals surface area contributed by atoms with E-state index in [2.05, 4.69) is 0 Å². The van der Waals surface area contributed by atoms with Gasteiger partial charge in [0, 0.05) is 32.5 Å². The first-order valence-electron chi connectivity index (χ1n) is 16.7. The van der Waals surface area contributed by atoms with Crippen LogP contribution in [-0.2, 0) is 41.4 Å². The number of hydrogen-bond donors (Lipinski definition) is 0. The number of rotatable bonds is 19. The highest BCUT2D eigenvalue weighted by Crippen LogP contribution is 2.32. The molecule has 1 saturated heterocycles. The van der Waals surface area contributed by atoms with Gasteiger partial charge in [-0.05, 0) is 60.8 Å². The maximum Gasteiger partial charge on any atom is 0.416 e. The Morgan fingerprint density at radius 3 is 2.31 bits per heavy atom. The quantitative estimate of drug-likeness (QED) is 0.0565. The number of carbonyl (C=O) groups is 4. The molecule has 10 nitrogen and oxygen atoms in total. The number of imide groups is 1. The number of amides is 2. The van der Waals surface area contributed by atoms with Gasteiger partial charge in [0.05, 0.1) is 31.9 Å². The largest absolute Gasteiger partial charge is 0.493 e. The molecule has 2 aromatic carbocycles. The number of Topliss-reactive ketones (excluding diaryl/α,β-unsaturated/α-hetero) is 1. The molecule has 1 aliphatic rings. The Morgan fingerprint density at radius 1 is 0.958 bits per heavy atom. The minimum Gasteiger partial charge on any atom is -0.493 e. The summed E-state index contributed by atoms with van der Waals surface area (Å²) in [5, 5.41) is 0. The monoisotopic (exact) mass is 665 g/mol. The molecule has 1 fully saturated rings. The van der Waals surface area contributed by atoms with Crippen LogP contribution in [0.4, 0.5) is 4.79 Å². The Kier molecular flexibility index (Phi) is 15.1. The molecule has 3 rings (SSSR count). The molecule has 3 unspecified atom stereocenters.